The molecule has 0 aliphatic rings. The van der Waals surface area contributed by atoms with E-state index >= 15 is 0 Å². The van der Waals surface area contributed by atoms with Crippen LogP contribution in [0, 0.1) is 0 Å². The Bertz CT molecular complexity index is 347. The van der Waals surface area contributed by atoms with Gasteiger partial charge < -0.3 is 10.6 Å². The Morgan fingerprint density at radius 1 is 1.41 bits per heavy atom. The van der Waals surface area contributed by atoms with Crippen LogP contribution in [0.25, 0.3) is 0 Å². The van der Waals surface area contributed by atoms with Crippen molar-refractivity contribution in [2.24, 2.45) is 0 Å². The second kappa shape index (κ2) is 7.01. The molecule has 0 atom stereocenters. The summed E-state index contributed by atoms with van der Waals surface area (Å²) in [4.78, 5) is 15.7. The molecule has 1 aromatic heterocycles. The van der Waals surface area contributed by atoms with E-state index in [2.05, 4.69) is 46.6 Å². The summed E-state index contributed by atoms with van der Waals surface area (Å²) in [6.07, 6.45) is 1.80. The number of nitrogens with zero attached hydrogens (tertiary/aromatic N) is 2. The number of hydrogen-bond acceptors (Lipinski definition) is 4. The Labute approximate surface area is 102 Å². The molecule has 0 aromatic carbocycles. The molecule has 6 heteroatoms. The molecule has 1 aromatic rings. The van der Waals surface area contributed by atoms with E-state index in [4.69, 9.17) is 0 Å². The lowest BCUT2D eigenvalue weighted by Gasteiger charge is -2.07. The molecule has 17 heavy (non-hydrogen) atoms. The SMILES string of the molecule is CCCc1nc(C(=O)NCCNC(C)C)n[nH]1. The zero-order valence-corrected chi connectivity index (χ0v) is 10.7. The van der Waals surface area contributed by atoms with Crippen LogP contribution in [0.3, 0.4) is 0 Å². The van der Waals surface area contributed by atoms with Crippen molar-refractivity contribution < 1.29 is 4.79 Å². The first-order valence-electron chi connectivity index (χ1n) is 6.06. The average Bonchev–Trinajstić information content (AvgIpc) is 2.73. The van der Waals surface area contributed by atoms with Gasteiger partial charge in [0.25, 0.3) is 5.91 Å². The fourth-order valence-electron chi connectivity index (χ4n) is 1.36. The number of hydrogen-bond donors (Lipinski definition) is 3. The molecule has 0 fully saturated rings. The number of carbonyl (C=O) groups excluding carboxylic acids is 1. The number of rotatable bonds is 7. The molecule has 0 aliphatic carbocycles. The van der Waals surface area contributed by atoms with Gasteiger partial charge >= 0.3 is 0 Å². The van der Waals surface area contributed by atoms with Crippen molar-refractivity contribution in [1.29, 1.82) is 0 Å². The molecule has 1 rings (SSSR count). The van der Waals surface area contributed by atoms with Crippen molar-refractivity contribution in [3.05, 3.63) is 11.6 Å². The highest BCUT2D eigenvalue weighted by Gasteiger charge is 2.11. The Morgan fingerprint density at radius 2 is 2.18 bits per heavy atom. The second-order valence-electron chi connectivity index (χ2n) is 4.22. The van der Waals surface area contributed by atoms with Crippen LogP contribution in [0.4, 0.5) is 0 Å². The van der Waals surface area contributed by atoms with E-state index in [1.807, 2.05) is 0 Å². The third-order valence-corrected chi connectivity index (χ3v) is 2.18. The van der Waals surface area contributed by atoms with E-state index in [1.54, 1.807) is 0 Å². The standard InChI is InChI=1S/C11H21N5O/c1-4-5-9-14-10(16-15-9)11(17)13-7-6-12-8(2)3/h8,12H,4-7H2,1-3H3,(H,13,17)(H,14,15,16). The Kier molecular flexibility index (Phi) is 5.62. The summed E-state index contributed by atoms with van der Waals surface area (Å²) < 4.78 is 0. The average molecular weight is 239 g/mol. The van der Waals surface area contributed by atoms with Crippen molar-refractivity contribution in [3.8, 4) is 0 Å². The first-order valence-corrected chi connectivity index (χ1v) is 6.06. The van der Waals surface area contributed by atoms with E-state index in [0.717, 1.165) is 25.2 Å². The third-order valence-electron chi connectivity index (χ3n) is 2.18. The van der Waals surface area contributed by atoms with Gasteiger partial charge in [-0.15, -0.1) is 5.10 Å². The van der Waals surface area contributed by atoms with Crippen LogP contribution >= 0.6 is 0 Å². The molecule has 1 heterocycles. The second-order valence-corrected chi connectivity index (χ2v) is 4.22. The van der Waals surface area contributed by atoms with E-state index in [-0.39, 0.29) is 11.7 Å². The van der Waals surface area contributed by atoms with E-state index < -0.39 is 0 Å². The number of carbonyl (C=O) groups is 1. The van der Waals surface area contributed by atoms with Crippen molar-refractivity contribution in [2.75, 3.05) is 13.1 Å². The number of H-pyrrole nitrogens is 1. The Balaban J connectivity index is 2.31. The smallest absolute Gasteiger partial charge is 0.291 e. The van der Waals surface area contributed by atoms with E-state index in [0.29, 0.717) is 12.6 Å². The fraction of sp³-hybridized carbons (Fsp3) is 0.727. The maximum absolute atomic E-state index is 11.6. The molecule has 0 radical (unpaired) electrons. The minimum Gasteiger partial charge on any atom is -0.348 e. The number of amides is 1. The molecule has 0 aliphatic heterocycles. The minimum absolute atomic E-state index is 0.220. The zero-order chi connectivity index (χ0) is 12.7. The van der Waals surface area contributed by atoms with Crippen LogP contribution in [0.15, 0.2) is 0 Å². The van der Waals surface area contributed by atoms with Crippen LogP contribution in [0.1, 0.15) is 43.6 Å². The van der Waals surface area contributed by atoms with E-state index in [1.165, 1.54) is 0 Å². The predicted molar refractivity (Wildman–Crippen MR) is 65.8 cm³/mol. The maximum Gasteiger partial charge on any atom is 0.291 e. The summed E-state index contributed by atoms with van der Waals surface area (Å²) in [5, 5.41) is 12.6. The molecule has 0 saturated carbocycles. The summed E-state index contributed by atoms with van der Waals surface area (Å²) in [7, 11) is 0. The molecule has 96 valence electrons. The monoisotopic (exact) mass is 239 g/mol. The van der Waals surface area contributed by atoms with Gasteiger partial charge in [-0.2, -0.15) is 0 Å². The Hall–Kier alpha value is -1.43. The third kappa shape index (κ3) is 4.95. The number of nitrogens with one attached hydrogen (secondary N) is 3. The normalized spacial score (nSPS) is 10.8. The van der Waals surface area contributed by atoms with Crippen LogP contribution in [0.2, 0.25) is 0 Å². The van der Waals surface area contributed by atoms with Crippen LogP contribution in [-0.4, -0.2) is 40.2 Å². The highest BCUT2D eigenvalue weighted by Crippen LogP contribution is 1.96. The van der Waals surface area contributed by atoms with Crippen molar-refractivity contribution in [3.63, 3.8) is 0 Å². The first kappa shape index (κ1) is 13.6. The zero-order valence-electron chi connectivity index (χ0n) is 10.7. The molecule has 0 bridgehead atoms. The van der Waals surface area contributed by atoms with Gasteiger partial charge in [0.05, 0.1) is 0 Å². The van der Waals surface area contributed by atoms with Gasteiger partial charge in [0.2, 0.25) is 5.82 Å². The lowest BCUT2D eigenvalue weighted by atomic mass is 10.3. The molecular formula is C11H21N5O. The number of aromatic amines is 1. The predicted octanol–water partition coefficient (Wildman–Crippen LogP) is 0.485. The van der Waals surface area contributed by atoms with Crippen molar-refractivity contribution >= 4 is 5.91 Å². The highest BCUT2D eigenvalue weighted by molar-refractivity contribution is 5.90. The summed E-state index contributed by atoms with van der Waals surface area (Å²) in [6.45, 7) is 7.51. The molecule has 0 saturated heterocycles. The summed E-state index contributed by atoms with van der Waals surface area (Å²) in [6, 6.07) is 0.423. The summed E-state index contributed by atoms with van der Waals surface area (Å²) in [5.41, 5.74) is 0. The maximum atomic E-state index is 11.6. The summed E-state index contributed by atoms with van der Waals surface area (Å²) in [5.74, 6) is 0.755. The fourth-order valence-corrected chi connectivity index (χ4v) is 1.36. The van der Waals surface area contributed by atoms with Crippen LogP contribution in [-0.2, 0) is 6.42 Å². The van der Waals surface area contributed by atoms with Crippen LogP contribution < -0.4 is 10.6 Å². The largest absolute Gasteiger partial charge is 0.348 e. The van der Waals surface area contributed by atoms with Crippen LogP contribution in [0.5, 0.6) is 0 Å². The molecule has 6 nitrogen and oxygen atoms in total. The van der Waals surface area contributed by atoms with Gasteiger partial charge in [-0.3, -0.25) is 9.89 Å². The molecule has 1 amide bonds. The lowest BCUT2D eigenvalue weighted by molar-refractivity contribution is 0.0943. The topological polar surface area (TPSA) is 82.7 Å². The van der Waals surface area contributed by atoms with Gasteiger partial charge in [0.1, 0.15) is 5.82 Å². The van der Waals surface area contributed by atoms with Gasteiger partial charge in [-0.25, -0.2) is 4.98 Å². The number of aromatic nitrogens is 3. The highest BCUT2D eigenvalue weighted by atomic mass is 16.2. The summed E-state index contributed by atoms with van der Waals surface area (Å²) >= 11 is 0. The van der Waals surface area contributed by atoms with Gasteiger partial charge in [-0.05, 0) is 6.42 Å². The van der Waals surface area contributed by atoms with Gasteiger partial charge in [-0.1, -0.05) is 20.8 Å². The molecule has 3 N–H and O–H groups in total. The van der Waals surface area contributed by atoms with Gasteiger partial charge in [0.15, 0.2) is 0 Å². The molecule has 0 unspecified atom stereocenters. The van der Waals surface area contributed by atoms with Gasteiger partial charge in [0, 0.05) is 25.6 Å². The van der Waals surface area contributed by atoms with E-state index in [9.17, 15) is 4.79 Å². The van der Waals surface area contributed by atoms with Crippen molar-refractivity contribution in [1.82, 2.24) is 25.8 Å². The first-order chi connectivity index (χ1) is 8.13. The lowest BCUT2D eigenvalue weighted by Crippen LogP contribution is -2.35. The van der Waals surface area contributed by atoms with Crippen molar-refractivity contribution in [2.45, 2.75) is 39.7 Å². The molecule has 0 spiro atoms. The molecular weight excluding hydrogens is 218 g/mol. The number of aryl methyl sites for hydroxylation is 1. The Morgan fingerprint density at radius 3 is 2.82 bits per heavy atom. The minimum atomic E-state index is -0.228. The quantitative estimate of drug-likeness (QED) is 0.605.